The van der Waals surface area contributed by atoms with Crippen molar-refractivity contribution in [1.82, 2.24) is 14.9 Å². The van der Waals surface area contributed by atoms with Gasteiger partial charge in [-0.3, -0.25) is 9.69 Å². The molecule has 0 aromatic carbocycles. The molecule has 3 aliphatic rings. The van der Waals surface area contributed by atoms with E-state index in [1.165, 1.54) is 54.4 Å². The van der Waals surface area contributed by atoms with Crippen LogP contribution in [0.25, 0.3) is 10.2 Å². The van der Waals surface area contributed by atoms with Crippen LogP contribution >= 0.6 is 11.3 Å². The topological polar surface area (TPSA) is 75.4 Å². The molecule has 7 heteroatoms. The van der Waals surface area contributed by atoms with E-state index in [1.807, 2.05) is 18.3 Å². The van der Waals surface area contributed by atoms with E-state index in [0.29, 0.717) is 0 Å². The maximum Gasteiger partial charge on any atom is 0.238 e. The van der Waals surface area contributed by atoms with Crippen molar-refractivity contribution < 1.29 is 4.79 Å². The van der Waals surface area contributed by atoms with Crippen LogP contribution in [0.1, 0.15) is 61.2 Å². The first-order valence-corrected chi connectivity index (χ1v) is 12.0. The van der Waals surface area contributed by atoms with Gasteiger partial charge in [-0.1, -0.05) is 6.42 Å². The first-order valence-electron chi connectivity index (χ1n) is 11.2. The summed E-state index contributed by atoms with van der Waals surface area (Å²) in [6, 6.07) is 0. The van der Waals surface area contributed by atoms with Crippen LogP contribution in [0.5, 0.6) is 0 Å². The Labute approximate surface area is 176 Å². The minimum atomic E-state index is -0.480. The molecule has 2 fully saturated rings. The Morgan fingerprint density at radius 3 is 2.45 bits per heavy atom. The molecule has 5 rings (SSSR count). The van der Waals surface area contributed by atoms with Crippen molar-refractivity contribution in [3.8, 4) is 0 Å². The molecule has 156 valence electrons. The summed E-state index contributed by atoms with van der Waals surface area (Å²) < 4.78 is 0. The molecule has 2 aromatic heterocycles. The molecule has 1 amide bonds. The Kier molecular flexibility index (Phi) is 4.98. The highest BCUT2D eigenvalue weighted by Crippen LogP contribution is 2.41. The lowest BCUT2D eigenvalue weighted by atomic mass is 9.83. The van der Waals surface area contributed by atoms with Gasteiger partial charge in [0, 0.05) is 18.0 Å². The summed E-state index contributed by atoms with van der Waals surface area (Å²) in [6.45, 7) is 5.65. The number of likely N-dealkylation sites (tertiary alicyclic amines) is 1. The highest BCUT2D eigenvalue weighted by molar-refractivity contribution is 7.19. The summed E-state index contributed by atoms with van der Waals surface area (Å²) in [5.41, 5.74) is 6.98. The van der Waals surface area contributed by atoms with Gasteiger partial charge in [0.2, 0.25) is 5.91 Å². The number of aryl methyl sites for hydroxylation is 3. The second-order valence-electron chi connectivity index (χ2n) is 8.92. The third kappa shape index (κ3) is 3.22. The quantitative estimate of drug-likeness (QED) is 0.836. The van der Waals surface area contributed by atoms with E-state index in [9.17, 15) is 4.79 Å². The van der Waals surface area contributed by atoms with E-state index in [1.54, 1.807) is 0 Å². The lowest BCUT2D eigenvalue weighted by molar-refractivity contribution is -0.132. The summed E-state index contributed by atoms with van der Waals surface area (Å²) in [7, 11) is 0. The normalized spacial score (nSPS) is 22.6. The van der Waals surface area contributed by atoms with Crippen LogP contribution in [0, 0.1) is 6.92 Å². The zero-order valence-corrected chi connectivity index (χ0v) is 18.2. The number of hydrogen-bond acceptors (Lipinski definition) is 6. The summed E-state index contributed by atoms with van der Waals surface area (Å²) in [6.07, 6.45) is 10.0. The molecule has 2 saturated heterocycles. The fraction of sp³-hybridized carbons (Fsp3) is 0.682. The highest BCUT2D eigenvalue weighted by atomic mass is 32.1. The standard InChI is InChI=1S/C22H31N5OS/c1-15-24-19(18-16-7-3-4-8-17(16)29-20(18)25-15)26-13-9-22(10-14-26,21(23)28)27-11-5-2-6-12-27/h2-14H2,1H3,(H2,23,28). The number of anilines is 1. The number of piperidine rings is 2. The van der Waals surface area contributed by atoms with Gasteiger partial charge in [-0.15, -0.1) is 11.3 Å². The zero-order chi connectivity index (χ0) is 20.0. The molecule has 6 nitrogen and oxygen atoms in total. The molecule has 4 heterocycles. The molecule has 1 aliphatic carbocycles. The van der Waals surface area contributed by atoms with Crippen molar-refractivity contribution in [1.29, 1.82) is 0 Å². The summed E-state index contributed by atoms with van der Waals surface area (Å²) in [4.78, 5) is 29.7. The largest absolute Gasteiger partial charge is 0.368 e. The Morgan fingerprint density at radius 1 is 1.00 bits per heavy atom. The third-order valence-electron chi connectivity index (χ3n) is 7.22. The molecule has 0 unspecified atom stereocenters. The van der Waals surface area contributed by atoms with E-state index in [0.717, 1.165) is 61.9 Å². The molecular weight excluding hydrogens is 382 g/mol. The number of thiophene rings is 1. The minimum absolute atomic E-state index is 0.143. The molecule has 2 aliphatic heterocycles. The zero-order valence-electron chi connectivity index (χ0n) is 17.4. The number of nitrogens with zero attached hydrogens (tertiary/aromatic N) is 4. The Balaban J connectivity index is 1.47. The van der Waals surface area contributed by atoms with E-state index in [2.05, 4.69) is 9.80 Å². The number of rotatable bonds is 3. The first kappa shape index (κ1) is 19.2. The van der Waals surface area contributed by atoms with Gasteiger partial charge in [0.1, 0.15) is 22.0 Å². The lowest BCUT2D eigenvalue weighted by Crippen LogP contribution is -2.63. The predicted octanol–water partition coefficient (Wildman–Crippen LogP) is 3.19. The van der Waals surface area contributed by atoms with Gasteiger partial charge in [-0.05, 0) is 76.9 Å². The number of nitrogens with two attached hydrogens (primary N) is 1. The fourth-order valence-electron chi connectivity index (χ4n) is 5.60. The molecule has 0 bridgehead atoms. The fourth-order valence-corrected chi connectivity index (χ4v) is 6.90. The van der Waals surface area contributed by atoms with Crippen LogP contribution < -0.4 is 10.6 Å². The molecule has 29 heavy (non-hydrogen) atoms. The third-order valence-corrected chi connectivity index (χ3v) is 8.40. The van der Waals surface area contributed by atoms with Gasteiger partial charge in [0.25, 0.3) is 0 Å². The van der Waals surface area contributed by atoms with E-state index in [-0.39, 0.29) is 5.91 Å². The van der Waals surface area contributed by atoms with Gasteiger partial charge in [-0.2, -0.15) is 0 Å². The van der Waals surface area contributed by atoms with Gasteiger partial charge in [-0.25, -0.2) is 9.97 Å². The van der Waals surface area contributed by atoms with Crippen molar-refractivity contribution in [2.75, 3.05) is 31.1 Å². The minimum Gasteiger partial charge on any atom is -0.368 e. The van der Waals surface area contributed by atoms with Crippen molar-refractivity contribution in [2.45, 2.75) is 70.3 Å². The Hall–Kier alpha value is -1.73. The predicted molar refractivity (Wildman–Crippen MR) is 118 cm³/mol. The maximum atomic E-state index is 12.6. The smallest absolute Gasteiger partial charge is 0.238 e. The van der Waals surface area contributed by atoms with Crippen LogP contribution in [-0.2, 0) is 17.6 Å². The summed E-state index contributed by atoms with van der Waals surface area (Å²) in [5.74, 6) is 1.79. The Morgan fingerprint density at radius 2 is 1.72 bits per heavy atom. The molecule has 2 N–H and O–H groups in total. The molecule has 0 atom stereocenters. The van der Waals surface area contributed by atoms with Crippen LogP contribution in [0.2, 0.25) is 0 Å². The number of fused-ring (bicyclic) bond motifs is 3. The monoisotopic (exact) mass is 413 g/mol. The molecule has 0 radical (unpaired) electrons. The number of primary amides is 1. The van der Waals surface area contributed by atoms with E-state index in [4.69, 9.17) is 15.7 Å². The molecule has 2 aromatic rings. The number of hydrogen-bond donors (Lipinski definition) is 1. The molecule has 0 spiro atoms. The number of carbonyl (C=O) groups excluding carboxylic acids is 1. The molecular formula is C22H31N5OS. The van der Waals surface area contributed by atoms with Crippen LogP contribution in [0.4, 0.5) is 5.82 Å². The van der Waals surface area contributed by atoms with Gasteiger partial charge < -0.3 is 10.6 Å². The van der Waals surface area contributed by atoms with Gasteiger partial charge in [0.15, 0.2) is 0 Å². The lowest BCUT2D eigenvalue weighted by Gasteiger charge is -2.48. The van der Waals surface area contributed by atoms with E-state index >= 15 is 0 Å². The van der Waals surface area contributed by atoms with Crippen LogP contribution in [-0.4, -0.2) is 52.5 Å². The average Bonchev–Trinajstić information content (AvgIpc) is 3.12. The summed E-state index contributed by atoms with van der Waals surface area (Å²) in [5, 5.41) is 1.28. The Bertz CT molecular complexity index is 925. The average molecular weight is 414 g/mol. The number of carbonyl (C=O) groups is 1. The van der Waals surface area contributed by atoms with Gasteiger partial charge >= 0.3 is 0 Å². The summed E-state index contributed by atoms with van der Waals surface area (Å²) >= 11 is 1.86. The van der Waals surface area contributed by atoms with Crippen LogP contribution in [0.15, 0.2) is 0 Å². The SMILES string of the molecule is Cc1nc(N2CCC(C(N)=O)(N3CCCCC3)CC2)c2c3c(sc2n1)CCCC3. The van der Waals surface area contributed by atoms with Crippen molar-refractivity contribution in [2.24, 2.45) is 5.73 Å². The maximum absolute atomic E-state index is 12.6. The number of aromatic nitrogens is 2. The van der Waals surface area contributed by atoms with E-state index < -0.39 is 5.54 Å². The molecule has 0 saturated carbocycles. The number of amides is 1. The second-order valence-corrected chi connectivity index (χ2v) is 10.00. The van der Waals surface area contributed by atoms with Crippen molar-refractivity contribution in [3.05, 3.63) is 16.3 Å². The first-order chi connectivity index (χ1) is 14.1. The highest BCUT2D eigenvalue weighted by Gasteiger charge is 2.45. The van der Waals surface area contributed by atoms with Crippen LogP contribution in [0.3, 0.4) is 0 Å². The van der Waals surface area contributed by atoms with Gasteiger partial charge in [0.05, 0.1) is 5.39 Å². The second kappa shape index (κ2) is 7.51. The van der Waals surface area contributed by atoms with Crippen molar-refractivity contribution in [3.63, 3.8) is 0 Å². The van der Waals surface area contributed by atoms with Crippen molar-refractivity contribution >= 4 is 33.3 Å².